The number of rotatable bonds is 8. The van der Waals surface area contributed by atoms with Gasteiger partial charge in [-0.3, -0.25) is 0 Å². The predicted octanol–water partition coefficient (Wildman–Crippen LogP) is 2.79. The van der Waals surface area contributed by atoms with Crippen LogP contribution in [0.15, 0.2) is 4.52 Å². The third-order valence-corrected chi connectivity index (χ3v) is 5.00. The number of thioether (sulfide) groups is 1. The third kappa shape index (κ3) is 5.13. The highest BCUT2D eigenvalue weighted by atomic mass is 35.5. The van der Waals surface area contributed by atoms with Crippen molar-refractivity contribution >= 4 is 24.2 Å². The molecule has 1 aromatic rings. The van der Waals surface area contributed by atoms with Crippen LogP contribution in [0.2, 0.25) is 0 Å². The molecule has 0 saturated heterocycles. The van der Waals surface area contributed by atoms with Gasteiger partial charge in [0.15, 0.2) is 5.82 Å². The molecule has 0 atom stereocenters. The first-order valence-corrected chi connectivity index (χ1v) is 8.75. The Labute approximate surface area is 137 Å². The second-order valence-corrected chi connectivity index (χ2v) is 6.56. The maximum atomic E-state index is 6.33. The van der Waals surface area contributed by atoms with Crippen LogP contribution in [0.5, 0.6) is 0 Å². The summed E-state index contributed by atoms with van der Waals surface area (Å²) >= 11 is 1.84. The van der Waals surface area contributed by atoms with E-state index in [2.05, 4.69) is 28.9 Å². The van der Waals surface area contributed by atoms with E-state index in [4.69, 9.17) is 10.3 Å². The van der Waals surface area contributed by atoms with E-state index >= 15 is 0 Å². The highest BCUT2D eigenvalue weighted by molar-refractivity contribution is 7.98. The van der Waals surface area contributed by atoms with Crippen molar-refractivity contribution in [3.63, 3.8) is 0 Å². The maximum absolute atomic E-state index is 6.33. The first kappa shape index (κ1) is 18.7. The molecular formula is C14H27ClN4OS. The van der Waals surface area contributed by atoms with Gasteiger partial charge in [-0.15, -0.1) is 12.4 Å². The lowest BCUT2D eigenvalue weighted by molar-refractivity contribution is 0.323. The summed E-state index contributed by atoms with van der Waals surface area (Å²) < 4.78 is 5.33. The topological polar surface area (TPSA) is 68.2 Å². The zero-order valence-corrected chi connectivity index (χ0v) is 14.6. The number of nitrogens with zero attached hydrogens (tertiary/aromatic N) is 3. The summed E-state index contributed by atoms with van der Waals surface area (Å²) in [5.41, 5.74) is 5.99. The van der Waals surface area contributed by atoms with E-state index in [9.17, 15) is 0 Å². The molecule has 0 unspecified atom stereocenters. The Morgan fingerprint density at radius 1 is 1.29 bits per heavy atom. The average Bonchev–Trinajstić information content (AvgIpc) is 3.09. The van der Waals surface area contributed by atoms with E-state index in [0.717, 1.165) is 44.0 Å². The maximum Gasteiger partial charge on any atom is 0.236 e. The molecule has 2 rings (SSSR count). The van der Waals surface area contributed by atoms with E-state index in [1.54, 1.807) is 0 Å². The smallest absolute Gasteiger partial charge is 0.236 e. The minimum absolute atomic E-state index is 0. The Morgan fingerprint density at radius 2 is 1.95 bits per heavy atom. The van der Waals surface area contributed by atoms with E-state index in [-0.39, 0.29) is 17.9 Å². The van der Waals surface area contributed by atoms with Crippen LogP contribution in [0.1, 0.15) is 51.2 Å². The molecule has 1 heterocycles. The molecule has 122 valence electrons. The zero-order valence-electron chi connectivity index (χ0n) is 13.0. The second-order valence-electron chi connectivity index (χ2n) is 5.45. The van der Waals surface area contributed by atoms with Gasteiger partial charge in [0.2, 0.25) is 5.89 Å². The van der Waals surface area contributed by atoms with Crippen molar-refractivity contribution in [1.29, 1.82) is 0 Å². The zero-order chi connectivity index (χ0) is 14.4. The first-order valence-electron chi connectivity index (χ1n) is 7.60. The second kappa shape index (κ2) is 8.98. The normalized spacial score (nSPS) is 17.1. The quantitative estimate of drug-likeness (QED) is 0.737. The third-order valence-electron chi connectivity index (χ3n) is 4.08. The summed E-state index contributed by atoms with van der Waals surface area (Å²) in [5, 5.41) is 4.08. The fourth-order valence-electron chi connectivity index (χ4n) is 2.64. The SMILES string of the molecule is CCN(CC)CCSCc1nc(C2(N)CCCC2)no1.Cl. The standard InChI is InChI=1S/C14H26N4OS.ClH/c1-3-18(4-2)9-10-20-11-12-16-13(17-19-12)14(15)7-5-6-8-14;/h3-11,15H2,1-2H3;1H. The summed E-state index contributed by atoms with van der Waals surface area (Å²) in [6.07, 6.45) is 4.28. The van der Waals surface area contributed by atoms with E-state index in [1.165, 1.54) is 12.8 Å². The molecule has 0 amide bonds. The number of halogens is 1. The van der Waals surface area contributed by atoms with Crippen LogP contribution < -0.4 is 5.73 Å². The van der Waals surface area contributed by atoms with Crippen LogP contribution in [-0.4, -0.2) is 40.4 Å². The largest absolute Gasteiger partial charge is 0.338 e. The highest BCUT2D eigenvalue weighted by Gasteiger charge is 2.35. The Kier molecular flexibility index (Phi) is 8.02. The van der Waals surface area contributed by atoms with E-state index in [1.807, 2.05) is 11.8 Å². The minimum atomic E-state index is -0.340. The fraction of sp³-hybridized carbons (Fsp3) is 0.857. The molecule has 2 N–H and O–H groups in total. The summed E-state index contributed by atoms with van der Waals surface area (Å²) in [5.74, 6) is 3.29. The van der Waals surface area contributed by atoms with Crippen LogP contribution in [0.25, 0.3) is 0 Å². The lowest BCUT2D eigenvalue weighted by Crippen LogP contribution is -2.34. The van der Waals surface area contributed by atoms with Crippen molar-refractivity contribution in [1.82, 2.24) is 15.0 Å². The van der Waals surface area contributed by atoms with Crippen molar-refractivity contribution in [2.45, 2.75) is 50.8 Å². The summed E-state index contributed by atoms with van der Waals surface area (Å²) in [4.78, 5) is 6.90. The van der Waals surface area contributed by atoms with Crippen molar-refractivity contribution in [3.05, 3.63) is 11.7 Å². The lowest BCUT2D eigenvalue weighted by Gasteiger charge is -2.17. The molecule has 0 spiro atoms. The number of nitrogens with two attached hydrogens (primary N) is 1. The fourth-order valence-corrected chi connectivity index (χ4v) is 3.46. The van der Waals surface area contributed by atoms with Gasteiger partial charge in [0.05, 0.1) is 11.3 Å². The molecule has 7 heteroatoms. The van der Waals surface area contributed by atoms with Gasteiger partial charge < -0.3 is 15.2 Å². The molecule has 1 fully saturated rings. The molecule has 1 aromatic heterocycles. The number of hydrogen-bond acceptors (Lipinski definition) is 6. The van der Waals surface area contributed by atoms with Crippen molar-refractivity contribution in [3.8, 4) is 0 Å². The molecule has 0 bridgehead atoms. The van der Waals surface area contributed by atoms with Gasteiger partial charge in [0.1, 0.15) is 0 Å². The van der Waals surface area contributed by atoms with Gasteiger partial charge in [0.25, 0.3) is 0 Å². The molecule has 21 heavy (non-hydrogen) atoms. The van der Waals surface area contributed by atoms with Crippen molar-refractivity contribution in [2.75, 3.05) is 25.4 Å². The van der Waals surface area contributed by atoms with Gasteiger partial charge >= 0.3 is 0 Å². The van der Waals surface area contributed by atoms with Crippen LogP contribution in [0, 0.1) is 0 Å². The van der Waals surface area contributed by atoms with Gasteiger partial charge in [-0.2, -0.15) is 16.7 Å². The van der Waals surface area contributed by atoms with Gasteiger partial charge in [0, 0.05) is 12.3 Å². The van der Waals surface area contributed by atoms with Crippen LogP contribution in [0.3, 0.4) is 0 Å². The van der Waals surface area contributed by atoms with E-state index in [0.29, 0.717) is 11.7 Å². The Morgan fingerprint density at radius 3 is 2.57 bits per heavy atom. The molecule has 1 aliphatic carbocycles. The van der Waals surface area contributed by atoms with E-state index < -0.39 is 0 Å². The monoisotopic (exact) mass is 334 g/mol. The highest BCUT2D eigenvalue weighted by Crippen LogP contribution is 2.34. The summed E-state index contributed by atoms with van der Waals surface area (Å²) in [6.45, 7) is 7.72. The molecule has 5 nitrogen and oxygen atoms in total. The van der Waals surface area contributed by atoms with Gasteiger partial charge in [-0.25, -0.2) is 0 Å². The summed E-state index contributed by atoms with van der Waals surface area (Å²) in [7, 11) is 0. The van der Waals surface area contributed by atoms with Crippen molar-refractivity contribution < 1.29 is 4.52 Å². The molecule has 0 radical (unpaired) electrons. The Balaban J connectivity index is 0.00000220. The molecular weight excluding hydrogens is 308 g/mol. The molecule has 1 aliphatic rings. The molecule has 0 aromatic carbocycles. The summed E-state index contributed by atoms with van der Waals surface area (Å²) in [6, 6.07) is 0. The van der Waals surface area contributed by atoms with Crippen LogP contribution >= 0.6 is 24.2 Å². The van der Waals surface area contributed by atoms with Crippen LogP contribution in [-0.2, 0) is 11.3 Å². The van der Waals surface area contributed by atoms with Crippen molar-refractivity contribution in [2.24, 2.45) is 5.73 Å². The van der Waals surface area contributed by atoms with Gasteiger partial charge in [-0.1, -0.05) is 31.8 Å². The first-order chi connectivity index (χ1) is 9.68. The van der Waals surface area contributed by atoms with Crippen LogP contribution in [0.4, 0.5) is 0 Å². The minimum Gasteiger partial charge on any atom is -0.338 e. The molecule has 0 aliphatic heterocycles. The van der Waals surface area contributed by atoms with Gasteiger partial charge in [-0.05, 0) is 25.9 Å². The number of hydrogen-bond donors (Lipinski definition) is 1. The molecule has 1 saturated carbocycles. The number of aromatic nitrogens is 2. The Hall–Kier alpha value is -0.300. The average molecular weight is 335 g/mol. The Bertz CT molecular complexity index is 405. The predicted molar refractivity (Wildman–Crippen MR) is 89.8 cm³/mol. The lowest BCUT2D eigenvalue weighted by atomic mass is 9.99.